The summed E-state index contributed by atoms with van der Waals surface area (Å²) in [4.78, 5) is 17.1. The maximum Gasteiger partial charge on any atom is 0.245 e. The summed E-state index contributed by atoms with van der Waals surface area (Å²) < 4.78 is 19.5. The predicted octanol–water partition coefficient (Wildman–Crippen LogP) is 4.41. The Morgan fingerprint density at radius 3 is 2.72 bits per heavy atom. The highest BCUT2D eigenvalue weighted by atomic mass is 35.5. The highest BCUT2D eigenvalue weighted by Gasteiger charge is 2.34. The summed E-state index contributed by atoms with van der Waals surface area (Å²) in [5, 5.41) is 13.9. The van der Waals surface area contributed by atoms with E-state index in [2.05, 4.69) is 18.5 Å². The third-order valence-corrected chi connectivity index (χ3v) is 5.37. The van der Waals surface area contributed by atoms with E-state index >= 15 is 0 Å². The molecule has 2 rings (SSSR count). The number of amides is 1. The molecule has 1 aromatic rings. The van der Waals surface area contributed by atoms with Crippen molar-refractivity contribution in [2.45, 2.75) is 64.1 Å². The molecule has 1 unspecified atom stereocenters. The number of aliphatic hydroxyl groups is 1. The van der Waals surface area contributed by atoms with Crippen LogP contribution in [0.1, 0.15) is 40.0 Å². The summed E-state index contributed by atoms with van der Waals surface area (Å²) in [6.07, 6.45) is 4.25. The average Bonchev–Trinajstić information content (AvgIpc) is 2.69. The lowest BCUT2D eigenvalue weighted by Gasteiger charge is -2.42. The fourth-order valence-electron chi connectivity index (χ4n) is 3.81. The van der Waals surface area contributed by atoms with Gasteiger partial charge in [-0.2, -0.15) is 0 Å². The highest BCUT2D eigenvalue weighted by Crippen LogP contribution is 2.24. The van der Waals surface area contributed by atoms with Gasteiger partial charge in [0, 0.05) is 36.4 Å². The van der Waals surface area contributed by atoms with Crippen LogP contribution in [0.15, 0.2) is 43.5 Å². The average molecular weight is 468 g/mol. The van der Waals surface area contributed by atoms with E-state index in [0.29, 0.717) is 31.7 Å². The molecule has 0 saturated carbocycles. The van der Waals surface area contributed by atoms with Gasteiger partial charge in [-0.3, -0.25) is 9.69 Å². The zero-order chi connectivity index (χ0) is 23.9. The largest absolute Gasteiger partial charge is 0.373 e. The van der Waals surface area contributed by atoms with Crippen LogP contribution in [0.4, 0.5) is 10.1 Å². The Labute approximate surface area is 195 Å². The van der Waals surface area contributed by atoms with Crippen LogP contribution >= 0.6 is 11.6 Å². The van der Waals surface area contributed by atoms with Crippen molar-refractivity contribution in [2.75, 3.05) is 25.0 Å². The van der Waals surface area contributed by atoms with Crippen molar-refractivity contribution in [3.8, 4) is 0 Å². The van der Waals surface area contributed by atoms with Crippen molar-refractivity contribution >= 4 is 23.2 Å². The number of hydrogen-bond donors (Lipinski definition) is 2. The molecular formula is C24H35ClFN3O3. The number of hydrogen-bond acceptors (Lipinski definition) is 5. The third-order valence-electron chi connectivity index (χ3n) is 5.15. The lowest BCUT2D eigenvalue weighted by atomic mass is 10.0. The summed E-state index contributed by atoms with van der Waals surface area (Å²) in [5.74, 6) is -0.633. The number of likely N-dealkylation sites (tertiary alicyclic amines) is 1. The quantitative estimate of drug-likeness (QED) is 0.394. The van der Waals surface area contributed by atoms with Gasteiger partial charge in [0.15, 0.2) is 0 Å². The fourth-order valence-corrected chi connectivity index (χ4v) is 4.04. The van der Waals surface area contributed by atoms with Gasteiger partial charge in [0.1, 0.15) is 11.9 Å². The molecule has 1 aromatic carbocycles. The third kappa shape index (κ3) is 7.89. The van der Waals surface area contributed by atoms with Crippen LogP contribution in [0.3, 0.4) is 0 Å². The number of benzene rings is 1. The second-order valence-electron chi connectivity index (χ2n) is 9.01. The first-order chi connectivity index (χ1) is 15.0. The summed E-state index contributed by atoms with van der Waals surface area (Å²) in [6, 6.07) is 3.32. The van der Waals surface area contributed by atoms with Crippen LogP contribution in [0.5, 0.6) is 0 Å². The SMILES string of the molecule is C=CC[C@@H](Nc1cc(F)cc(Cl)c1)C(=O)N(CC=C)[C@@H]1CCCN(C(O)OC(C)(C)C)C1. The smallest absolute Gasteiger partial charge is 0.245 e. The molecule has 3 atom stereocenters. The van der Waals surface area contributed by atoms with Gasteiger partial charge in [0.25, 0.3) is 0 Å². The highest BCUT2D eigenvalue weighted by molar-refractivity contribution is 6.30. The molecule has 1 heterocycles. The van der Waals surface area contributed by atoms with Crippen molar-refractivity contribution < 1.29 is 19.0 Å². The molecule has 8 heteroatoms. The van der Waals surface area contributed by atoms with Crippen LogP contribution < -0.4 is 5.32 Å². The van der Waals surface area contributed by atoms with E-state index in [9.17, 15) is 14.3 Å². The van der Waals surface area contributed by atoms with Gasteiger partial charge in [0.05, 0.1) is 5.60 Å². The number of nitrogens with one attached hydrogen (secondary N) is 1. The van der Waals surface area contributed by atoms with Crippen molar-refractivity contribution in [3.63, 3.8) is 0 Å². The molecule has 0 spiro atoms. The fraction of sp³-hybridized carbons (Fsp3) is 0.542. The molecule has 6 nitrogen and oxygen atoms in total. The van der Waals surface area contributed by atoms with E-state index in [0.717, 1.165) is 12.8 Å². The molecule has 1 aliphatic rings. The minimum Gasteiger partial charge on any atom is -0.373 e. The number of aliphatic hydroxyl groups excluding tert-OH is 1. The molecule has 0 radical (unpaired) electrons. The number of anilines is 1. The lowest BCUT2D eigenvalue weighted by molar-refractivity contribution is -0.245. The first kappa shape index (κ1) is 26.3. The molecule has 178 valence electrons. The number of rotatable bonds is 10. The van der Waals surface area contributed by atoms with Crippen molar-refractivity contribution in [1.82, 2.24) is 9.80 Å². The van der Waals surface area contributed by atoms with E-state index in [-0.39, 0.29) is 17.0 Å². The molecule has 0 bridgehead atoms. The topological polar surface area (TPSA) is 65.0 Å². The Morgan fingerprint density at radius 1 is 1.41 bits per heavy atom. The van der Waals surface area contributed by atoms with Crippen molar-refractivity contribution in [3.05, 3.63) is 54.3 Å². The van der Waals surface area contributed by atoms with Crippen LogP contribution in [0, 0.1) is 5.82 Å². The van der Waals surface area contributed by atoms with Crippen molar-refractivity contribution in [2.24, 2.45) is 0 Å². The normalized spacial score (nSPS) is 19.1. The van der Waals surface area contributed by atoms with E-state index in [1.54, 1.807) is 23.1 Å². The monoisotopic (exact) mass is 467 g/mol. The molecular weight excluding hydrogens is 433 g/mol. The Hall–Kier alpha value is -1.93. The summed E-state index contributed by atoms with van der Waals surface area (Å²) in [7, 11) is 0. The summed E-state index contributed by atoms with van der Waals surface area (Å²) in [6.45, 7) is 14.7. The number of halogens is 2. The van der Waals surface area contributed by atoms with Crippen LogP contribution in [0.25, 0.3) is 0 Å². The van der Waals surface area contributed by atoms with Gasteiger partial charge >= 0.3 is 0 Å². The lowest BCUT2D eigenvalue weighted by Crippen LogP contribution is -2.56. The molecule has 1 aliphatic heterocycles. The second kappa shape index (κ2) is 11.8. The molecule has 32 heavy (non-hydrogen) atoms. The molecule has 1 fully saturated rings. The zero-order valence-electron chi connectivity index (χ0n) is 19.2. The summed E-state index contributed by atoms with van der Waals surface area (Å²) >= 11 is 5.97. The first-order valence-electron chi connectivity index (χ1n) is 10.9. The number of ether oxygens (including phenoxy) is 1. The molecule has 2 N–H and O–H groups in total. The standard InChI is InChI=1S/C24H35ClFN3O3/c1-6-9-21(27-19-14-17(25)13-18(26)15-19)22(30)29(11-7-2)20-10-8-12-28(16-20)23(31)32-24(3,4)5/h6-7,13-15,20-21,23,27,31H,1-2,8-12,16H2,3-5H3/t20-,21-,23?/m1/s1. The number of nitrogens with zero attached hydrogens (tertiary/aromatic N) is 2. The van der Waals surface area contributed by atoms with E-state index < -0.39 is 23.9 Å². The Morgan fingerprint density at radius 2 is 2.12 bits per heavy atom. The number of carbonyl (C=O) groups is 1. The minimum absolute atomic E-state index is 0.127. The van der Waals surface area contributed by atoms with E-state index in [1.165, 1.54) is 12.1 Å². The zero-order valence-corrected chi connectivity index (χ0v) is 19.9. The van der Waals surface area contributed by atoms with Gasteiger partial charge in [-0.15, -0.1) is 13.2 Å². The molecule has 1 saturated heterocycles. The van der Waals surface area contributed by atoms with Crippen LogP contribution in [0.2, 0.25) is 5.02 Å². The minimum atomic E-state index is -1.05. The van der Waals surface area contributed by atoms with Crippen LogP contribution in [-0.4, -0.2) is 64.5 Å². The Balaban J connectivity index is 2.19. The maximum absolute atomic E-state index is 13.8. The second-order valence-corrected chi connectivity index (χ2v) is 9.44. The number of carbonyl (C=O) groups excluding carboxylic acids is 1. The maximum atomic E-state index is 13.8. The first-order valence-corrected chi connectivity index (χ1v) is 11.3. The number of piperidine rings is 1. The Kier molecular flexibility index (Phi) is 9.70. The van der Waals surface area contributed by atoms with E-state index in [4.69, 9.17) is 16.3 Å². The Bertz CT molecular complexity index is 779. The molecule has 1 amide bonds. The van der Waals surface area contributed by atoms with Crippen molar-refractivity contribution in [1.29, 1.82) is 0 Å². The molecule has 0 aromatic heterocycles. The van der Waals surface area contributed by atoms with Gasteiger partial charge in [-0.25, -0.2) is 4.39 Å². The summed E-state index contributed by atoms with van der Waals surface area (Å²) in [5.41, 5.74) is -0.0678. The van der Waals surface area contributed by atoms with Gasteiger partial charge in [-0.05, 0) is 58.2 Å². The predicted molar refractivity (Wildman–Crippen MR) is 127 cm³/mol. The van der Waals surface area contributed by atoms with Gasteiger partial charge < -0.3 is 20.1 Å². The van der Waals surface area contributed by atoms with E-state index in [1.807, 2.05) is 25.7 Å². The van der Waals surface area contributed by atoms with Gasteiger partial charge in [0.2, 0.25) is 12.3 Å². The molecule has 0 aliphatic carbocycles. The van der Waals surface area contributed by atoms with Gasteiger partial charge in [-0.1, -0.05) is 23.8 Å². The van der Waals surface area contributed by atoms with Crippen LogP contribution in [-0.2, 0) is 9.53 Å².